The predicted molar refractivity (Wildman–Crippen MR) is 82.7 cm³/mol. The summed E-state index contributed by atoms with van der Waals surface area (Å²) in [5.41, 5.74) is 4.02. The Morgan fingerprint density at radius 1 is 1.14 bits per heavy atom. The monoisotopic (exact) mass is 295 g/mol. The van der Waals surface area contributed by atoms with Gasteiger partial charge >= 0.3 is 0 Å². The van der Waals surface area contributed by atoms with Crippen LogP contribution in [0.4, 0.5) is 0 Å². The molecule has 4 rings (SSSR count). The van der Waals surface area contributed by atoms with Crippen molar-refractivity contribution < 1.29 is 9.26 Å². The lowest BCUT2D eigenvalue weighted by Crippen LogP contribution is -1.99. The van der Waals surface area contributed by atoms with E-state index in [9.17, 15) is 0 Å². The summed E-state index contributed by atoms with van der Waals surface area (Å²) in [6, 6.07) is 8.21. The van der Waals surface area contributed by atoms with Crippen molar-refractivity contribution in [3.05, 3.63) is 41.3 Å². The van der Waals surface area contributed by atoms with Crippen molar-refractivity contribution in [2.24, 2.45) is 0 Å². The van der Waals surface area contributed by atoms with Gasteiger partial charge in [-0.05, 0) is 38.5 Å². The summed E-state index contributed by atoms with van der Waals surface area (Å²) in [5, 5.41) is 5.19. The lowest BCUT2D eigenvalue weighted by Gasteiger charge is -2.05. The molecule has 1 aliphatic heterocycles. The molecule has 1 saturated heterocycles. The molecule has 1 aromatic carbocycles. The summed E-state index contributed by atoms with van der Waals surface area (Å²) in [6.45, 7) is 5.49. The Kier molecular flexibility index (Phi) is 3.15. The van der Waals surface area contributed by atoms with Crippen LogP contribution >= 0.6 is 0 Å². The van der Waals surface area contributed by atoms with Gasteiger partial charge in [-0.2, -0.15) is 4.98 Å². The van der Waals surface area contributed by atoms with Crippen LogP contribution in [0.2, 0.25) is 0 Å². The minimum atomic E-state index is 0.244. The van der Waals surface area contributed by atoms with Gasteiger partial charge in [-0.1, -0.05) is 16.8 Å². The second kappa shape index (κ2) is 5.18. The number of nitrogens with zero attached hydrogens (tertiary/aromatic N) is 3. The minimum Gasteiger partial charge on any atom is -0.381 e. The van der Waals surface area contributed by atoms with Crippen molar-refractivity contribution in [1.29, 1.82) is 0 Å². The average molecular weight is 295 g/mol. The van der Waals surface area contributed by atoms with E-state index in [4.69, 9.17) is 9.26 Å². The highest BCUT2D eigenvalue weighted by Crippen LogP contribution is 2.30. The number of aromatic nitrogens is 3. The molecule has 3 aromatic rings. The van der Waals surface area contributed by atoms with Crippen molar-refractivity contribution >= 4 is 10.9 Å². The summed E-state index contributed by atoms with van der Waals surface area (Å²) in [5.74, 6) is 1.54. The third-order valence-electron chi connectivity index (χ3n) is 4.06. The Balaban J connectivity index is 1.84. The Labute approximate surface area is 128 Å². The second-order valence-electron chi connectivity index (χ2n) is 5.85. The van der Waals surface area contributed by atoms with E-state index in [1.807, 2.05) is 19.1 Å². The number of benzene rings is 1. The normalized spacial score (nSPS) is 18.2. The molecule has 0 radical (unpaired) electrons. The van der Waals surface area contributed by atoms with Crippen molar-refractivity contribution in [2.45, 2.75) is 26.2 Å². The van der Waals surface area contributed by atoms with Crippen LogP contribution in [-0.2, 0) is 4.74 Å². The van der Waals surface area contributed by atoms with Gasteiger partial charge in [-0.15, -0.1) is 0 Å². The number of ether oxygens (including phenoxy) is 1. The molecule has 1 fully saturated rings. The molecule has 0 spiro atoms. The van der Waals surface area contributed by atoms with E-state index >= 15 is 0 Å². The average Bonchev–Trinajstić information content (AvgIpc) is 3.17. The van der Waals surface area contributed by atoms with Crippen LogP contribution in [0.25, 0.3) is 22.4 Å². The molecule has 5 heteroatoms. The van der Waals surface area contributed by atoms with Crippen LogP contribution in [-0.4, -0.2) is 28.3 Å². The van der Waals surface area contributed by atoms with E-state index in [1.165, 1.54) is 5.56 Å². The highest BCUT2D eigenvalue weighted by atomic mass is 16.5. The minimum absolute atomic E-state index is 0.244. The summed E-state index contributed by atoms with van der Waals surface area (Å²) in [4.78, 5) is 9.18. The number of hydrogen-bond donors (Lipinski definition) is 0. The van der Waals surface area contributed by atoms with Gasteiger partial charge in [-0.3, -0.25) is 4.98 Å². The standard InChI is InChI=1S/C17H17N3O2/c1-10-3-4-15-13(7-10)14(8-11(2)18-15)17-19-16(20-22-17)12-5-6-21-9-12/h3-4,7-8,12H,5-6,9H2,1-2H3. The van der Waals surface area contributed by atoms with Crippen LogP contribution in [0, 0.1) is 13.8 Å². The molecule has 0 amide bonds. The van der Waals surface area contributed by atoms with Gasteiger partial charge in [0.05, 0.1) is 17.7 Å². The summed E-state index contributed by atoms with van der Waals surface area (Å²) < 4.78 is 10.9. The molecule has 1 atom stereocenters. The highest BCUT2D eigenvalue weighted by molar-refractivity contribution is 5.92. The number of hydrogen-bond acceptors (Lipinski definition) is 5. The number of rotatable bonds is 2. The molecule has 5 nitrogen and oxygen atoms in total. The van der Waals surface area contributed by atoms with Crippen LogP contribution in [0.5, 0.6) is 0 Å². The maximum atomic E-state index is 5.52. The molecule has 2 aromatic heterocycles. The van der Waals surface area contributed by atoms with E-state index in [0.29, 0.717) is 12.5 Å². The van der Waals surface area contributed by atoms with E-state index in [2.05, 4.69) is 34.2 Å². The van der Waals surface area contributed by atoms with Crippen LogP contribution < -0.4 is 0 Å². The Morgan fingerprint density at radius 2 is 2.05 bits per heavy atom. The molecule has 22 heavy (non-hydrogen) atoms. The molecular weight excluding hydrogens is 278 g/mol. The first-order valence-corrected chi connectivity index (χ1v) is 7.50. The van der Waals surface area contributed by atoms with Gasteiger partial charge in [0.1, 0.15) is 0 Å². The number of aryl methyl sites for hydroxylation is 2. The van der Waals surface area contributed by atoms with Gasteiger partial charge in [-0.25, -0.2) is 0 Å². The van der Waals surface area contributed by atoms with Gasteiger partial charge < -0.3 is 9.26 Å². The topological polar surface area (TPSA) is 61.0 Å². The fourth-order valence-electron chi connectivity index (χ4n) is 2.90. The summed E-state index contributed by atoms with van der Waals surface area (Å²) >= 11 is 0. The molecule has 0 bridgehead atoms. The Bertz CT molecular complexity index is 835. The van der Waals surface area contributed by atoms with Crippen LogP contribution in [0.15, 0.2) is 28.8 Å². The van der Waals surface area contributed by atoms with Gasteiger partial charge in [0.25, 0.3) is 5.89 Å². The fraction of sp³-hybridized carbons (Fsp3) is 0.353. The summed E-state index contributed by atoms with van der Waals surface area (Å²) in [6.07, 6.45) is 0.953. The highest BCUT2D eigenvalue weighted by Gasteiger charge is 2.24. The largest absolute Gasteiger partial charge is 0.381 e. The van der Waals surface area contributed by atoms with Crippen molar-refractivity contribution in [3.8, 4) is 11.5 Å². The van der Waals surface area contributed by atoms with E-state index in [0.717, 1.165) is 41.0 Å². The smallest absolute Gasteiger partial charge is 0.258 e. The SMILES string of the molecule is Cc1ccc2nc(C)cc(-c3nc(C4CCOC4)no3)c2c1. The zero-order valence-corrected chi connectivity index (χ0v) is 12.7. The van der Waals surface area contributed by atoms with Gasteiger partial charge in [0, 0.05) is 23.6 Å². The first-order chi connectivity index (χ1) is 10.7. The van der Waals surface area contributed by atoms with Crippen molar-refractivity contribution in [2.75, 3.05) is 13.2 Å². The molecular formula is C17H17N3O2. The zero-order valence-electron chi connectivity index (χ0n) is 12.7. The Hall–Kier alpha value is -2.27. The maximum Gasteiger partial charge on any atom is 0.258 e. The van der Waals surface area contributed by atoms with Gasteiger partial charge in [0.15, 0.2) is 5.82 Å². The molecule has 3 heterocycles. The predicted octanol–water partition coefficient (Wildman–Crippen LogP) is 3.41. The molecule has 0 N–H and O–H groups in total. The molecule has 1 unspecified atom stereocenters. The summed E-state index contributed by atoms with van der Waals surface area (Å²) in [7, 11) is 0. The Morgan fingerprint density at radius 3 is 2.86 bits per heavy atom. The maximum absolute atomic E-state index is 5.52. The fourth-order valence-corrected chi connectivity index (χ4v) is 2.90. The van der Waals surface area contributed by atoms with E-state index in [-0.39, 0.29) is 5.92 Å². The van der Waals surface area contributed by atoms with E-state index in [1.54, 1.807) is 0 Å². The first-order valence-electron chi connectivity index (χ1n) is 7.50. The quantitative estimate of drug-likeness (QED) is 0.725. The third-order valence-corrected chi connectivity index (χ3v) is 4.06. The van der Waals surface area contributed by atoms with E-state index < -0.39 is 0 Å². The number of fused-ring (bicyclic) bond motifs is 1. The van der Waals surface area contributed by atoms with Crippen LogP contribution in [0.1, 0.15) is 29.4 Å². The zero-order chi connectivity index (χ0) is 15.1. The molecule has 0 saturated carbocycles. The van der Waals surface area contributed by atoms with Gasteiger partial charge in [0.2, 0.25) is 0 Å². The molecule has 112 valence electrons. The van der Waals surface area contributed by atoms with Crippen molar-refractivity contribution in [3.63, 3.8) is 0 Å². The lowest BCUT2D eigenvalue weighted by molar-refractivity contribution is 0.192. The molecule has 0 aliphatic carbocycles. The van der Waals surface area contributed by atoms with Crippen LogP contribution in [0.3, 0.4) is 0 Å². The number of pyridine rings is 1. The second-order valence-corrected chi connectivity index (χ2v) is 5.85. The van der Waals surface area contributed by atoms with Crippen molar-refractivity contribution in [1.82, 2.24) is 15.1 Å². The first kappa shape index (κ1) is 13.4. The lowest BCUT2D eigenvalue weighted by atomic mass is 10.1. The third kappa shape index (κ3) is 2.27. The molecule has 1 aliphatic rings.